The molecule has 1 saturated heterocycles. The lowest BCUT2D eigenvalue weighted by molar-refractivity contribution is 0.0827. The molecule has 1 unspecified atom stereocenters. The summed E-state index contributed by atoms with van der Waals surface area (Å²) in [6, 6.07) is 12.2. The molecule has 7 nitrogen and oxygen atoms in total. The summed E-state index contributed by atoms with van der Waals surface area (Å²) in [4.78, 5) is 29.4. The van der Waals surface area contributed by atoms with Crippen molar-refractivity contribution in [3.05, 3.63) is 69.4 Å². The number of hydrogen-bond donors (Lipinski definition) is 1. The van der Waals surface area contributed by atoms with Crippen molar-refractivity contribution < 1.29 is 13.9 Å². The summed E-state index contributed by atoms with van der Waals surface area (Å²) in [6.07, 6.45) is 5.54. The van der Waals surface area contributed by atoms with Crippen LogP contribution in [0.2, 0.25) is 0 Å². The quantitative estimate of drug-likeness (QED) is 0.606. The molecule has 0 bridgehead atoms. The maximum atomic E-state index is 13.1. The van der Waals surface area contributed by atoms with Gasteiger partial charge in [0.1, 0.15) is 5.58 Å². The van der Waals surface area contributed by atoms with Gasteiger partial charge in [0.05, 0.1) is 24.6 Å². The van der Waals surface area contributed by atoms with E-state index in [0.29, 0.717) is 48.7 Å². The minimum absolute atomic E-state index is 0.184. The van der Waals surface area contributed by atoms with E-state index in [1.54, 1.807) is 26.2 Å². The third-order valence-corrected chi connectivity index (χ3v) is 5.70. The number of benzene rings is 2. The number of carbonyl (C=O) groups excluding carboxylic acids is 1. The van der Waals surface area contributed by atoms with E-state index in [4.69, 9.17) is 15.6 Å². The Morgan fingerprint density at radius 1 is 1.18 bits per heavy atom. The van der Waals surface area contributed by atoms with E-state index in [2.05, 4.69) is 11.2 Å². The number of anilines is 2. The highest BCUT2D eigenvalue weighted by atomic mass is 16.5. The van der Waals surface area contributed by atoms with Gasteiger partial charge < -0.3 is 24.3 Å². The number of morpholine rings is 1. The SMILES string of the molecule is C#Cc1cccc(NC(C)c2cc(C(=O)N(C)C)cc3c(=O)cc(N4CCOCC4)oc23)c1. The Kier molecular flexibility index (Phi) is 6.38. The number of ether oxygens (including phenoxy) is 1. The van der Waals surface area contributed by atoms with Crippen LogP contribution < -0.4 is 15.6 Å². The molecule has 2 aromatic carbocycles. The van der Waals surface area contributed by atoms with Crippen LogP contribution in [0.15, 0.2) is 51.7 Å². The zero-order chi connectivity index (χ0) is 23.5. The molecule has 2 heterocycles. The average Bonchev–Trinajstić information content (AvgIpc) is 2.83. The minimum atomic E-state index is -0.265. The van der Waals surface area contributed by atoms with Crippen LogP contribution in [-0.2, 0) is 4.74 Å². The summed E-state index contributed by atoms with van der Waals surface area (Å²) in [6.45, 7) is 4.41. The van der Waals surface area contributed by atoms with Gasteiger partial charge in [0, 0.05) is 55.6 Å². The third-order valence-electron chi connectivity index (χ3n) is 5.70. The van der Waals surface area contributed by atoms with Gasteiger partial charge in [0.2, 0.25) is 0 Å². The number of carbonyl (C=O) groups is 1. The van der Waals surface area contributed by atoms with Crippen LogP contribution in [0.3, 0.4) is 0 Å². The molecule has 1 N–H and O–H groups in total. The number of fused-ring (bicyclic) bond motifs is 1. The van der Waals surface area contributed by atoms with E-state index in [1.807, 2.05) is 36.1 Å². The lowest BCUT2D eigenvalue weighted by Gasteiger charge is -2.27. The van der Waals surface area contributed by atoms with Gasteiger partial charge in [0.25, 0.3) is 5.91 Å². The highest BCUT2D eigenvalue weighted by Gasteiger charge is 2.22. The molecule has 1 aliphatic rings. The molecule has 3 aromatic rings. The summed E-state index contributed by atoms with van der Waals surface area (Å²) < 4.78 is 11.7. The van der Waals surface area contributed by atoms with E-state index in [9.17, 15) is 9.59 Å². The Morgan fingerprint density at radius 2 is 1.94 bits per heavy atom. The monoisotopic (exact) mass is 445 g/mol. The molecule has 1 amide bonds. The number of hydrogen-bond acceptors (Lipinski definition) is 6. The van der Waals surface area contributed by atoms with Crippen molar-refractivity contribution in [3.8, 4) is 12.3 Å². The van der Waals surface area contributed by atoms with E-state index < -0.39 is 0 Å². The first kappa shape index (κ1) is 22.4. The Labute approximate surface area is 192 Å². The summed E-state index contributed by atoms with van der Waals surface area (Å²) >= 11 is 0. The van der Waals surface area contributed by atoms with Gasteiger partial charge in [-0.1, -0.05) is 12.0 Å². The molecule has 0 saturated carbocycles. The second-order valence-electron chi connectivity index (χ2n) is 8.28. The zero-order valence-electron chi connectivity index (χ0n) is 19.1. The van der Waals surface area contributed by atoms with Crippen LogP contribution in [0.1, 0.15) is 34.5 Å². The van der Waals surface area contributed by atoms with Crippen LogP contribution in [0.4, 0.5) is 11.6 Å². The summed E-state index contributed by atoms with van der Waals surface area (Å²) in [7, 11) is 3.37. The molecule has 4 rings (SSSR count). The Bertz CT molecular complexity index is 1280. The molecule has 1 atom stereocenters. The van der Waals surface area contributed by atoms with Crippen LogP contribution in [0, 0.1) is 12.3 Å². The van der Waals surface area contributed by atoms with Gasteiger partial charge in [-0.15, -0.1) is 6.42 Å². The number of nitrogens with zero attached hydrogens (tertiary/aromatic N) is 2. The zero-order valence-corrected chi connectivity index (χ0v) is 19.1. The van der Waals surface area contributed by atoms with Crippen molar-refractivity contribution in [1.82, 2.24) is 4.90 Å². The van der Waals surface area contributed by atoms with Gasteiger partial charge >= 0.3 is 0 Å². The first-order valence-corrected chi connectivity index (χ1v) is 10.9. The first-order chi connectivity index (χ1) is 15.9. The largest absolute Gasteiger partial charge is 0.440 e. The van der Waals surface area contributed by atoms with Crippen molar-refractivity contribution in [2.75, 3.05) is 50.6 Å². The summed E-state index contributed by atoms with van der Waals surface area (Å²) in [5, 5.41) is 3.80. The van der Waals surface area contributed by atoms with Gasteiger partial charge in [-0.3, -0.25) is 9.59 Å². The molecule has 0 aliphatic carbocycles. The summed E-state index contributed by atoms with van der Waals surface area (Å²) in [5.74, 6) is 2.95. The van der Waals surface area contributed by atoms with Crippen molar-refractivity contribution in [1.29, 1.82) is 0 Å². The molecular formula is C26H27N3O4. The fraction of sp³-hybridized carbons (Fsp3) is 0.308. The summed E-state index contributed by atoms with van der Waals surface area (Å²) in [5.41, 5.74) is 3.02. The second kappa shape index (κ2) is 9.39. The van der Waals surface area contributed by atoms with Crippen molar-refractivity contribution in [2.24, 2.45) is 0 Å². The predicted molar refractivity (Wildman–Crippen MR) is 130 cm³/mol. The van der Waals surface area contributed by atoms with E-state index in [-0.39, 0.29) is 17.4 Å². The Morgan fingerprint density at radius 3 is 2.64 bits per heavy atom. The Hall–Kier alpha value is -3.76. The smallest absolute Gasteiger partial charge is 0.253 e. The van der Waals surface area contributed by atoms with Crippen molar-refractivity contribution in [3.63, 3.8) is 0 Å². The molecule has 33 heavy (non-hydrogen) atoms. The van der Waals surface area contributed by atoms with E-state index >= 15 is 0 Å². The fourth-order valence-corrected chi connectivity index (χ4v) is 3.94. The molecule has 170 valence electrons. The first-order valence-electron chi connectivity index (χ1n) is 10.9. The lowest BCUT2D eigenvalue weighted by atomic mass is 9.99. The molecule has 1 aromatic heterocycles. The topological polar surface area (TPSA) is 75.0 Å². The molecule has 7 heteroatoms. The minimum Gasteiger partial charge on any atom is -0.440 e. The molecule has 0 radical (unpaired) electrons. The molecule has 1 fully saturated rings. The maximum absolute atomic E-state index is 13.1. The molecular weight excluding hydrogens is 418 g/mol. The number of nitrogens with one attached hydrogen (secondary N) is 1. The Balaban J connectivity index is 1.84. The van der Waals surface area contributed by atoms with Crippen molar-refractivity contribution in [2.45, 2.75) is 13.0 Å². The normalized spacial score (nSPS) is 14.5. The number of terminal acetylenes is 1. The fourth-order valence-electron chi connectivity index (χ4n) is 3.94. The second-order valence-corrected chi connectivity index (χ2v) is 8.28. The highest BCUT2D eigenvalue weighted by molar-refractivity contribution is 5.98. The molecule has 0 spiro atoms. The van der Waals surface area contributed by atoms with Crippen LogP contribution >= 0.6 is 0 Å². The standard InChI is InChI=1S/C26H27N3O4/c1-5-18-7-6-8-20(13-18)27-17(2)21-14-19(26(31)28(3)4)15-22-23(30)16-24(33-25(21)22)29-9-11-32-12-10-29/h1,6-8,13-17,27H,9-12H2,2-4H3. The van der Waals surface area contributed by atoms with Crippen LogP contribution in [-0.4, -0.2) is 51.2 Å². The maximum Gasteiger partial charge on any atom is 0.253 e. The van der Waals surface area contributed by atoms with Gasteiger partial charge in [-0.05, 0) is 37.3 Å². The number of rotatable bonds is 5. The van der Waals surface area contributed by atoms with Gasteiger partial charge in [-0.2, -0.15) is 0 Å². The number of amides is 1. The molecule has 1 aliphatic heterocycles. The predicted octanol–water partition coefficient (Wildman–Crippen LogP) is 3.49. The lowest BCUT2D eigenvalue weighted by Crippen LogP contribution is -2.36. The van der Waals surface area contributed by atoms with Crippen LogP contribution in [0.25, 0.3) is 11.0 Å². The van der Waals surface area contributed by atoms with Gasteiger partial charge in [-0.25, -0.2) is 0 Å². The van der Waals surface area contributed by atoms with Crippen LogP contribution in [0.5, 0.6) is 0 Å². The van der Waals surface area contributed by atoms with E-state index in [1.165, 1.54) is 11.0 Å². The van der Waals surface area contributed by atoms with Crippen molar-refractivity contribution >= 4 is 28.4 Å². The van der Waals surface area contributed by atoms with Gasteiger partial charge in [0.15, 0.2) is 11.3 Å². The third kappa shape index (κ3) is 4.71. The van der Waals surface area contributed by atoms with E-state index in [0.717, 1.165) is 16.8 Å². The highest BCUT2D eigenvalue weighted by Crippen LogP contribution is 2.30. The average molecular weight is 446 g/mol.